The van der Waals surface area contributed by atoms with E-state index in [0.29, 0.717) is 36.2 Å². The second-order valence-corrected chi connectivity index (χ2v) is 12.2. The smallest absolute Gasteiger partial charge is 0.335 e. The number of ether oxygens (including phenoxy) is 2. The molecule has 9 nitrogen and oxygen atoms in total. The normalized spacial score (nSPS) is 44.2. The maximum Gasteiger partial charge on any atom is 0.335 e. The molecule has 6 rings (SSSR count). The molecule has 5 aliphatic rings. The van der Waals surface area contributed by atoms with E-state index in [0.717, 1.165) is 0 Å². The number of carbonyl (C=O) groups is 3. The molecule has 206 valence electrons. The number of carboxylic acids is 1. The first kappa shape index (κ1) is 27.7. The fourth-order valence-corrected chi connectivity index (χ4v) is 9.32. The molecular formula is C28H33IO9. The van der Waals surface area contributed by atoms with E-state index in [9.17, 15) is 24.6 Å². The van der Waals surface area contributed by atoms with Crippen LogP contribution in [-0.4, -0.2) is 69.7 Å². The molecule has 1 aromatic rings. The van der Waals surface area contributed by atoms with Crippen LogP contribution in [0.15, 0.2) is 41.5 Å². The van der Waals surface area contributed by atoms with Gasteiger partial charge in [0.1, 0.15) is 23.0 Å². The summed E-state index contributed by atoms with van der Waals surface area (Å²) >= 11 is 1.86. The predicted molar refractivity (Wildman–Crippen MR) is 142 cm³/mol. The Hall–Kier alpha value is -1.86. The van der Waals surface area contributed by atoms with E-state index >= 15 is 0 Å². The monoisotopic (exact) mass is 640 g/mol. The number of aromatic carboxylic acids is 1. The van der Waals surface area contributed by atoms with Crippen molar-refractivity contribution in [1.29, 1.82) is 0 Å². The molecule has 1 unspecified atom stereocenters. The van der Waals surface area contributed by atoms with Gasteiger partial charge in [0.05, 0.1) is 36.1 Å². The second-order valence-electron chi connectivity index (χ2n) is 11.7. The number of Topliss-reactive ketones (excluding diaryl/α,β-unsaturated/α-hetero) is 1. The van der Waals surface area contributed by atoms with Gasteiger partial charge in [0.15, 0.2) is 6.10 Å². The minimum absolute atomic E-state index is 0.0104. The average Bonchev–Trinajstić information content (AvgIpc) is 2.84. The summed E-state index contributed by atoms with van der Waals surface area (Å²) in [6.45, 7) is 7.57. The van der Waals surface area contributed by atoms with Crippen LogP contribution in [0.1, 0.15) is 57.3 Å². The molecule has 0 aromatic heterocycles. The van der Waals surface area contributed by atoms with Crippen molar-refractivity contribution in [2.75, 3.05) is 6.61 Å². The number of benzene rings is 1. The number of carbonyl (C=O) groups excluding carboxylic acids is 2. The Bertz CT molecular complexity index is 1220. The first-order chi connectivity index (χ1) is 17.8. The van der Waals surface area contributed by atoms with Crippen LogP contribution < -0.4 is 0 Å². The number of fused-ring (bicyclic) bond motifs is 1. The van der Waals surface area contributed by atoms with Crippen molar-refractivity contribution in [2.45, 2.75) is 77.0 Å². The molecule has 4 fully saturated rings. The number of hydrogen-bond acceptors (Lipinski definition) is 8. The van der Waals surface area contributed by atoms with Gasteiger partial charge in [0.2, 0.25) is 5.78 Å². The van der Waals surface area contributed by atoms with E-state index in [4.69, 9.17) is 17.6 Å². The highest BCUT2D eigenvalue weighted by Crippen LogP contribution is 2.84. The van der Waals surface area contributed by atoms with Crippen LogP contribution in [0.5, 0.6) is 0 Å². The Morgan fingerprint density at radius 1 is 1.18 bits per heavy atom. The molecule has 4 aliphatic carbocycles. The highest BCUT2D eigenvalue weighted by atomic mass is 127. The maximum absolute atomic E-state index is 13.8. The molecule has 3 saturated carbocycles. The van der Waals surface area contributed by atoms with Gasteiger partial charge in [0, 0.05) is 47.5 Å². The predicted octanol–water partition coefficient (Wildman–Crippen LogP) is 3.25. The van der Waals surface area contributed by atoms with Crippen molar-refractivity contribution in [3.63, 3.8) is 0 Å². The van der Waals surface area contributed by atoms with Gasteiger partial charge in [-0.2, -0.15) is 0 Å². The molecule has 10 heteroatoms. The number of carboxylic acid groups (broad SMARTS) is 1. The number of aliphatic hydroxyl groups is 2. The zero-order chi connectivity index (χ0) is 27.8. The van der Waals surface area contributed by atoms with Crippen LogP contribution in [-0.2, 0) is 22.1 Å². The zero-order valence-electron chi connectivity index (χ0n) is 21.8. The summed E-state index contributed by atoms with van der Waals surface area (Å²) in [5, 5.41) is 30.7. The first-order valence-electron chi connectivity index (χ1n) is 12.8. The summed E-state index contributed by atoms with van der Waals surface area (Å²) in [4.78, 5) is 36.1. The van der Waals surface area contributed by atoms with Crippen molar-refractivity contribution in [2.24, 2.45) is 22.2 Å². The van der Waals surface area contributed by atoms with Crippen molar-refractivity contribution < 1.29 is 42.2 Å². The Balaban J connectivity index is 0.000000278. The second kappa shape index (κ2) is 9.09. The van der Waals surface area contributed by atoms with E-state index < -0.39 is 46.0 Å². The standard InChI is InChI=1S/C21H27IO7.C7H6O2/c1-9-12(24)6-20(26)8-21-11-7-27-13(11)5-14(29-22)18(21,3)17(28-10(2)23)16(25)15(9)19(20,21)4;8-7(9)6-4-2-1-3-5-6/h11-14,17,24,26H,5-8H2,1-4H3;1-5H,(H,8,9)/t11-,12+,13-,14+,17-,18+,19+,20-,21?;/m1./s1. The SMILES string of the molecule is CC(=O)O[C@@H]1C(=O)C2=C(C)[C@@H](O)C[C@@]3(O)CC4([C@@H]5CO[C@@H]5C[C@H](OI)[C@@]14C)[C@@]23C.O=C(O)c1ccccc1. The van der Waals surface area contributed by atoms with Crippen molar-refractivity contribution >= 4 is 40.7 Å². The fourth-order valence-electron chi connectivity index (χ4n) is 8.58. The fraction of sp³-hybridized carbons (Fsp3) is 0.607. The number of rotatable bonds is 3. The number of esters is 1. The van der Waals surface area contributed by atoms with Crippen LogP contribution in [0.3, 0.4) is 0 Å². The van der Waals surface area contributed by atoms with Gasteiger partial charge in [0.25, 0.3) is 0 Å². The molecule has 0 bridgehead atoms. The first-order valence-corrected chi connectivity index (χ1v) is 13.7. The van der Waals surface area contributed by atoms with Gasteiger partial charge in [-0.3, -0.25) is 9.59 Å². The lowest BCUT2D eigenvalue weighted by molar-refractivity contribution is -0.399. The molecule has 1 aromatic carbocycles. The summed E-state index contributed by atoms with van der Waals surface area (Å²) in [6, 6.07) is 8.30. The molecular weight excluding hydrogens is 607 g/mol. The van der Waals surface area contributed by atoms with E-state index in [-0.39, 0.29) is 30.3 Å². The third kappa shape index (κ3) is 3.27. The lowest BCUT2D eigenvalue weighted by Crippen LogP contribution is -2.88. The molecule has 3 N–H and O–H groups in total. The van der Waals surface area contributed by atoms with E-state index in [2.05, 4.69) is 0 Å². The Kier molecular flexibility index (Phi) is 6.62. The van der Waals surface area contributed by atoms with E-state index in [1.807, 2.05) is 36.9 Å². The zero-order valence-corrected chi connectivity index (χ0v) is 23.9. The number of aliphatic hydroxyl groups excluding tert-OH is 1. The molecule has 1 saturated heterocycles. The number of ketones is 1. The summed E-state index contributed by atoms with van der Waals surface area (Å²) in [7, 11) is 0. The molecule has 1 spiro atoms. The Labute approximate surface area is 235 Å². The molecule has 9 atom stereocenters. The van der Waals surface area contributed by atoms with Crippen molar-refractivity contribution in [3.8, 4) is 0 Å². The van der Waals surface area contributed by atoms with Gasteiger partial charge in [-0.05, 0) is 31.1 Å². The third-order valence-electron chi connectivity index (χ3n) is 10.4. The van der Waals surface area contributed by atoms with Crippen LogP contribution in [0, 0.1) is 22.2 Å². The van der Waals surface area contributed by atoms with Gasteiger partial charge < -0.3 is 27.9 Å². The van der Waals surface area contributed by atoms with Crippen LogP contribution in [0.2, 0.25) is 0 Å². The number of halogens is 1. The minimum atomic E-state index is -1.19. The summed E-state index contributed by atoms with van der Waals surface area (Å²) in [5.41, 5.74) is -2.04. The van der Waals surface area contributed by atoms with Gasteiger partial charge in [-0.25, -0.2) is 4.79 Å². The highest BCUT2D eigenvalue weighted by Gasteiger charge is 2.89. The lowest BCUT2D eigenvalue weighted by Gasteiger charge is -2.83. The molecule has 0 amide bonds. The van der Waals surface area contributed by atoms with Crippen LogP contribution in [0.25, 0.3) is 0 Å². The molecule has 38 heavy (non-hydrogen) atoms. The summed E-state index contributed by atoms with van der Waals surface area (Å²) in [6.07, 6.45) is -1.04. The molecule has 1 aliphatic heterocycles. The van der Waals surface area contributed by atoms with Crippen LogP contribution in [0.4, 0.5) is 0 Å². The van der Waals surface area contributed by atoms with Gasteiger partial charge >= 0.3 is 11.9 Å². The number of hydrogen-bond donors (Lipinski definition) is 3. The summed E-state index contributed by atoms with van der Waals surface area (Å²) < 4.78 is 17.5. The van der Waals surface area contributed by atoms with Crippen molar-refractivity contribution in [3.05, 3.63) is 47.0 Å². The Morgan fingerprint density at radius 3 is 2.34 bits per heavy atom. The Morgan fingerprint density at radius 2 is 1.84 bits per heavy atom. The largest absolute Gasteiger partial charge is 0.478 e. The van der Waals surface area contributed by atoms with Crippen molar-refractivity contribution in [1.82, 2.24) is 0 Å². The van der Waals surface area contributed by atoms with Gasteiger partial charge in [-0.15, -0.1) is 0 Å². The lowest BCUT2D eigenvalue weighted by atomic mass is 9.22. The summed E-state index contributed by atoms with van der Waals surface area (Å²) in [5.74, 6) is -1.58. The van der Waals surface area contributed by atoms with Crippen LogP contribution >= 0.6 is 23.0 Å². The molecule has 1 heterocycles. The van der Waals surface area contributed by atoms with E-state index in [1.54, 1.807) is 37.3 Å². The third-order valence-corrected chi connectivity index (χ3v) is 11.0. The minimum Gasteiger partial charge on any atom is -0.478 e. The maximum atomic E-state index is 13.8. The average molecular weight is 640 g/mol. The highest BCUT2D eigenvalue weighted by molar-refractivity contribution is 14.1. The molecule has 0 radical (unpaired) electrons. The quantitative estimate of drug-likeness (QED) is 0.336. The topological polar surface area (TPSA) is 140 Å². The van der Waals surface area contributed by atoms with E-state index in [1.165, 1.54) is 6.92 Å². The van der Waals surface area contributed by atoms with Gasteiger partial charge in [-0.1, -0.05) is 32.0 Å².